The van der Waals surface area contributed by atoms with Crippen molar-refractivity contribution in [3.63, 3.8) is 0 Å². The van der Waals surface area contributed by atoms with Gasteiger partial charge in [0.25, 0.3) is 5.56 Å². The number of methoxy groups -OCH3 is 2. The van der Waals surface area contributed by atoms with Crippen LogP contribution in [0.5, 0.6) is 17.4 Å². The number of H-pyrrole nitrogens is 1. The van der Waals surface area contributed by atoms with Gasteiger partial charge in [0.05, 0.1) is 31.7 Å². The topological polar surface area (TPSA) is 126 Å². The van der Waals surface area contributed by atoms with Crippen LogP contribution in [-0.4, -0.2) is 45.5 Å². The third-order valence-corrected chi connectivity index (χ3v) is 5.98. The van der Waals surface area contributed by atoms with E-state index in [1.165, 1.54) is 31.4 Å². The number of halogens is 1. The van der Waals surface area contributed by atoms with E-state index in [4.69, 9.17) is 21.1 Å². The fourth-order valence-electron chi connectivity index (χ4n) is 4.00. The van der Waals surface area contributed by atoms with Crippen molar-refractivity contribution in [3.05, 3.63) is 79.5 Å². The van der Waals surface area contributed by atoms with Crippen LogP contribution in [0.1, 0.15) is 36.9 Å². The Labute approximate surface area is 205 Å². The molecule has 35 heavy (non-hydrogen) atoms. The molecule has 0 saturated carbocycles. The van der Waals surface area contributed by atoms with Crippen LogP contribution in [0.25, 0.3) is 5.69 Å². The summed E-state index contributed by atoms with van der Waals surface area (Å²) >= 11 is 5.93. The minimum absolute atomic E-state index is 0.101. The molecule has 1 atom stereocenters. The Bertz CT molecular complexity index is 1430. The average molecular weight is 499 g/mol. The predicted octanol–water partition coefficient (Wildman–Crippen LogP) is 2.99. The number of amides is 1. The van der Waals surface area contributed by atoms with E-state index in [0.717, 1.165) is 4.57 Å². The second-order valence-electron chi connectivity index (χ2n) is 7.74. The van der Waals surface area contributed by atoms with E-state index in [2.05, 4.69) is 10.1 Å². The fourth-order valence-corrected chi connectivity index (χ4v) is 4.13. The zero-order valence-electron chi connectivity index (χ0n) is 19.2. The summed E-state index contributed by atoms with van der Waals surface area (Å²) in [6.07, 6.45) is 0.266. The number of hydrogen-bond donors (Lipinski definition) is 2. The van der Waals surface area contributed by atoms with Crippen molar-refractivity contribution >= 4 is 23.2 Å². The number of carbonyl (C=O) groups excluding carboxylic acids is 1. The summed E-state index contributed by atoms with van der Waals surface area (Å²) < 4.78 is 11.7. The normalized spacial score (nSPS) is 15.1. The molecule has 182 valence electrons. The van der Waals surface area contributed by atoms with Crippen molar-refractivity contribution in [2.24, 2.45) is 5.10 Å². The highest BCUT2D eigenvalue weighted by Gasteiger charge is 2.36. The number of carbonyl (C=O) groups is 1. The van der Waals surface area contributed by atoms with Gasteiger partial charge in [-0.3, -0.25) is 14.6 Å². The molecule has 0 saturated heterocycles. The maximum Gasteiger partial charge on any atom is 0.335 e. The lowest BCUT2D eigenvalue weighted by molar-refractivity contribution is -0.132. The van der Waals surface area contributed by atoms with Crippen LogP contribution < -0.4 is 20.7 Å². The number of nitrogens with zero attached hydrogens (tertiary/aromatic N) is 3. The van der Waals surface area contributed by atoms with Gasteiger partial charge in [0.15, 0.2) is 0 Å². The van der Waals surface area contributed by atoms with Crippen LogP contribution in [0.4, 0.5) is 0 Å². The van der Waals surface area contributed by atoms with Crippen LogP contribution in [0.15, 0.2) is 57.2 Å². The van der Waals surface area contributed by atoms with Gasteiger partial charge >= 0.3 is 5.69 Å². The van der Waals surface area contributed by atoms with Crippen molar-refractivity contribution in [1.29, 1.82) is 0 Å². The van der Waals surface area contributed by atoms with E-state index in [1.807, 2.05) is 0 Å². The third kappa shape index (κ3) is 4.40. The Morgan fingerprint density at radius 3 is 2.51 bits per heavy atom. The number of aromatic amines is 1. The summed E-state index contributed by atoms with van der Waals surface area (Å²) in [6, 6.07) is 10.7. The van der Waals surface area contributed by atoms with Gasteiger partial charge in [-0.25, -0.2) is 14.4 Å². The fraction of sp³-hybridized carbons (Fsp3) is 0.250. The van der Waals surface area contributed by atoms with Gasteiger partial charge in [0, 0.05) is 29.5 Å². The summed E-state index contributed by atoms with van der Waals surface area (Å²) in [7, 11) is 3.03. The van der Waals surface area contributed by atoms with Gasteiger partial charge in [-0.1, -0.05) is 18.5 Å². The quantitative estimate of drug-likeness (QED) is 0.538. The van der Waals surface area contributed by atoms with Gasteiger partial charge < -0.3 is 14.6 Å². The molecule has 0 radical (unpaired) electrons. The van der Waals surface area contributed by atoms with Crippen LogP contribution in [-0.2, 0) is 4.79 Å². The first-order chi connectivity index (χ1) is 16.8. The maximum atomic E-state index is 12.8. The molecule has 0 fully saturated rings. The summed E-state index contributed by atoms with van der Waals surface area (Å²) in [6.45, 7) is 1.70. The molecule has 1 aromatic heterocycles. The Balaban J connectivity index is 1.85. The van der Waals surface area contributed by atoms with Crippen molar-refractivity contribution in [2.75, 3.05) is 14.2 Å². The summed E-state index contributed by atoms with van der Waals surface area (Å²) in [5, 5.41) is 17.1. The Kier molecular flexibility index (Phi) is 6.65. The molecule has 2 aromatic carbocycles. The molecule has 10 nitrogen and oxygen atoms in total. The Hall–Kier alpha value is -4.05. The number of rotatable bonds is 6. The summed E-state index contributed by atoms with van der Waals surface area (Å²) in [5.74, 6) is 0.169. The number of ether oxygens (including phenoxy) is 2. The van der Waals surface area contributed by atoms with Gasteiger partial charge in [0.1, 0.15) is 17.1 Å². The molecule has 11 heteroatoms. The lowest BCUT2D eigenvalue weighted by Crippen LogP contribution is -2.33. The lowest BCUT2D eigenvalue weighted by atomic mass is 9.98. The molecular weight excluding hydrogens is 476 g/mol. The number of aromatic nitrogens is 2. The maximum absolute atomic E-state index is 12.8. The largest absolute Gasteiger partial charge is 0.497 e. The van der Waals surface area contributed by atoms with Crippen molar-refractivity contribution in [2.45, 2.75) is 25.8 Å². The van der Waals surface area contributed by atoms with E-state index in [9.17, 15) is 19.5 Å². The van der Waals surface area contributed by atoms with Crippen LogP contribution in [0.2, 0.25) is 5.02 Å². The van der Waals surface area contributed by atoms with Crippen LogP contribution >= 0.6 is 11.6 Å². The van der Waals surface area contributed by atoms with Crippen molar-refractivity contribution in [1.82, 2.24) is 14.6 Å². The lowest BCUT2D eigenvalue weighted by Gasteiger charge is -2.23. The highest BCUT2D eigenvalue weighted by atomic mass is 35.5. The Morgan fingerprint density at radius 1 is 1.17 bits per heavy atom. The number of hydrogen-bond acceptors (Lipinski definition) is 7. The number of hydrazone groups is 1. The molecule has 0 spiro atoms. The molecule has 2 heterocycles. The SMILES string of the molecule is CCC(=O)N1N=C(c2c(O)n(-c3ccc(Cl)cc3)c(=O)[nH]c2=O)CC1c1ccc(OC)cc1OC. The second-order valence-corrected chi connectivity index (χ2v) is 8.17. The zero-order chi connectivity index (χ0) is 25.3. The smallest absolute Gasteiger partial charge is 0.335 e. The van der Waals surface area contributed by atoms with Gasteiger partial charge in [-0.2, -0.15) is 5.10 Å². The first-order valence-corrected chi connectivity index (χ1v) is 11.1. The zero-order valence-corrected chi connectivity index (χ0v) is 20.0. The highest BCUT2D eigenvalue weighted by molar-refractivity contribution is 6.30. The monoisotopic (exact) mass is 498 g/mol. The minimum atomic E-state index is -0.827. The molecular formula is C24H23ClN4O6. The minimum Gasteiger partial charge on any atom is -0.497 e. The van der Waals surface area contributed by atoms with Crippen LogP contribution in [0, 0.1) is 0 Å². The molecule has 1 aliphatic heterocycles. The van der Waals surface area contributed by atoms with Crippen molar-refractivity contribution < 1.29 is 19.4 Å². The van der Waals surface area contributed by atoms with E-state index in [0.29, 0.717) is 27.8 Å². The van der Waals surface area contributed by atoms with Gasteiger partial charge in [-0.05, 0) is 36.4 Å². The predicted molar refractivity (Wildman–Crippen MR) is 130 cm³/mol. The van der Waals surface area contributed by atoms with E-state index >= 15 is 0 Å². The highest BCUT2D eigenvalue weighted by Crippen LogP contribution is 2.39. The molecule has 1 amide bonds. The Morgan fingerprint density at radius 2 is 1.89 bits per heavy atom. The van der Waals surface area contributed by atoms with Gasteiger partial charge in [0.2, 0.25) is 11.8 Å². The van der Waals surface area contributed by atoms with E-state index in [-0.39, 0.29) is 30.0 Å². The number of aromatic hydroxyl groups is 1. The van der Waals surface area contributed by atoms with Crippen LogP contribution in [0.3, 0.4) is 0 Å². The molecule has 2 N–H and O–H groups in total. The standard InChI is InChI=1S/C24H23ClN4O6/c1-4-20(30)29-18(16-10-9-15(34-2)11-19(16)35-3)12-17(27-29)21-22(31)26-24(33)28(23(21)32)14-7-5-13(25)6-8-14/h5-11,18,32H,4,12H2,1-3H3,(H,26,31,33). The molecule has 1 unspecified atom stereocenters. The number of nitrogens with one attached hydrogen (secondary N) is 1. The molecule has 4 rings (SSSR count). The first kappa shape index (κ1) is 24.1. The van der Waals surface area contributed by atoms with Crippen molar-refractivity contribution in [3.8, 4) is 23.1 Å². The van der Waals surface area contributed by atoms with E-state index in [1.54, 1.807) is 37.3 Å². The molecule has 0 aliphatic carbocycles. The average Bonchev–Trinajstić information content (AvgIpc) is 3.28. The molecule has 0 bridgehead atoms. The third-order valence-electron chi connectivity index (χ3n) is 5.73. The van der Waals surface area contributed by atoms with E-state index < -0.39 is 23.2 Å². The number of benzene rings is 2. The first-order valence-electron chi connectivity index (χ1n) is 10.7. The molecule has 3 aromatic rings. The summed E-state index contributed by atoms with van der Waals surface area (Å²) in [4.78, 5) is 40.4. The summed E-state index contributed by atoms with van der Waals surface area (Å²) in [5.41, 5.74) is -0.757. The molecule has 1 aliphatic rings. The van der Waals surface area contributed by atoms with Gasteiger partial charge in [-0.15, -0.1) is 0 Å². The second kappa shape index (κ2) is 9.67.